The Labute approximate surface area is 168 Å². The number of likely N-dealkylation sites (tertiary alicyclic amines) is 1. The first-order valence-corrected chi connectivity index (χ1v) is 9.83. The summed E-state index contributed by atoms with van der Waals surface area (Å²) in [5, 5.41) is 2.83. The molecule has 0 aliphatic carbocycles. The van der Waals surface area contributed by atoms with Gasteiger partial charge in [-0.05, 0) is 25.9 Å². The normalized spacial score (nSPS) is 16.8. The van der Waals surface area contributed by atoms with E-state index in [0.717, 1.165) is 44.8 Å². The van der Waals surface area contributed by atoms with Gasteiger partial charge in [0.05, 0.1) is 11.7 Å². The molecule has 3 N–H and O–H groups in total. The standard InChI is InChI=1S/C16H32N4O2S.2ClH/c1-3-19(4-2)10-11-23-13-15(21)20-9-5-6-14(12-20)16(22)18-8-7-17;;/h14H,3-13,17H2,1-2H3,(H,18,22);2*1H. The van der Waals surface area contributed by atoms with E-state index in [1.54, 1.807) is 11.8 Å². The Morgan fingerprint density at radius 3 is 2.56 bits per heavy atom. The van der Waals surface area contributed by atoms with Crippen LogP contribution in [-0.4, -0.2) is 78.9 Å². The Morgan fingerprint density at radius 1 is 1.28 bits per heavy atom. The van der Waals surface area contributed by atoms with Crippen LogP contribution in [0.5, 0.6) is 0 Å². The third-order valence-corrected chi connectivity index (χ3v) is 5.18. The highest BCUT2D eigenvalue weighted by Gasteiger charge is 2.27. The molecule has 1 rings (SSSR count). The van der Waals surface area contributed by atoms with E-state index < -0.39 is 0 Å². The molecule has 0 aromatic heterocycles. The summed E-state index contributed by atoms with van der Waals surface area (Å²) in [6, 6.07) is 0. The highest BCUT2D eigenvalue weighted by atomic mass is 35.5. The summed E-state index contributed by atoms with van der Waals surface area (Å²) < 4.78 is 0. The molecule has 0 aromatic carbocycles. The van der Waals surface area contributed by atoms with Gasteiger partial charge in [0.1, 0.15) is 0 Å². The van der Waals surface area contributed by atoms with Gasteiger partial charge in [-0.1, -0.05) is 13.8 Å². The maximum Gasteiger partial charge on any atom is 0.232 e. The third-order valence-electron chi connectivity index (χ3n) is 4.26. The minimum Gasteiger partial charge on any atom is -0.355 e. The second-order valence-corrected chi connectivity index (χ2v) is 6.94. The van der Waals surface area contributed by atoms with Crippen molar-refractivity contribution in [3.63, 3.8) is 0 Å². The topological polar surface area (TPSA) is 78.7 Å². The molecule has 0 radical (unpaired) electrons. The summed E-state index contributed by atoms with van der Waals surface area (Å²) in [4.78, 5) is 28.5. The minimum absolute atomic E-state index is 0. The lowest BCUT2D eigenvalue weighted by atomic mass is 9.97. The van der Waals surface area contributed by atoms with Crippen LogP contribution in [0.15, 0.2) is 0 Å². The fourth-order valence-corrected chi connectivity index (χ4v) is 3.63. The van der Waals surface area contributed by atoms with Crippen molar-refractivity contribution in [3.05, 3.63) is 0 Å². The molecule has 150 valence electrons. The van der Waals surface area contributed by atoms with Gasteiger partial charge in [0.15, 0.2) is 0 Å². The Bertz CT molecular complexity index is 374. The zero-order valence-electron chi connectivity index (χ0n) is 15.4. The van der Waals surface area contributed by atoms with Gasteiger partial charge in [0, 0.05) is 38.5 Å². The van der Waals surface area contributed by atoms with Crippen molar-refractivity contribution in [2.24, 2.45) is 11.7 Å². The van der Waals surface area contributed by atoms with E-state index in [4.69, 9.17) is 5.73 Å². The van der Waals surface area contributed by atoms with Crippen LogP contribution in [-0.2, 0) is 9.59 Å². The predicted molar refractivity (Wildman–Crippen MR) is 111 cm³/mol. The number of nitrogens with zero attached hydrogens (tertiary/aromatic N) is 2. The number of rotatable bonds is 10. The lowest BCUT2D eigenvalue weighted by Gasteiger charge is -2.32. The van der Waals surface area contributed by atoms with Gasteiger partial charge in [-0.3, -0.25) is 9.59 Å². The first-order chi connectivity index (χ1) is 11.1. The second kappa shape index (κ2) is 16.0. The quantitative estimate of drug-likeness (QED) is 0.523. The number of hydrogen-bond acceptors (Lipinski definition) is 5. The molecule has 1 saturated heterocycles. The summed E-state index contributed by atoms with van der Waals surface area (Å²) >= 11 is 1.69. The molecule has 0 aromatic rings. The van der Waals surface area contributed by atoms with E-state index in [1.807, 2.05) is 4.90 Å². The lowest BCUT2D eigenvalue weighted by molar-refractivity contribution is -0.133. The maximum absolute atomic E-state index is 12.3. The van der Waals surface area contributed by atoms with Crippen LogP contribution >= 0.6 is 36.6 Å². The van der Waals surface area contributed by atoms with Crippen molar-refractivity contribution in [2.45, 2.75) is 26.7 Å². The SMILES string of the molecule is CCN(CC)CCSCC(=O)N1CCCC(C(=O)NCCN)C1.Cl.Cl. The van der Waals surface area contributed by atoms with Gasteiger partial charge in [-0.15, -0.1) is 24.8 Å². The van der Waals surface area contributed by atoms with Gasteiger partial charge in [-0.25, -0.2) is 0 Å². The molecule has 2 amide bonds. The molecular formula is C16H34Cl2N4O2S. The second-order valence-electron chi connectivity index (χ2n) is 5.84. The number of carbonyl (C=O) groups is 2. The van der Waals surface area contributed by atoms with E-state index >= 15 is 0 Å². The van der Waals surface area contributed by atoms with Gasteiger partial charge >= 0.3 is 0 Å². The average molecular weight is 417 g/mol. The van der Waals surface area contributed by atoms with Crippen LogP contribution in [0.25, 0.3) is 0 Å². The van der Waals surface area contributed by atoms with Gasteiger partial charge in [0.2, 0.25) is 11.8 Å². The fraction of sp³-hybridized carbons (Fsp3) is 0.875. The molecule has 1 fully saturated rings. The number of nitrogens with two attached hydrogens (primary N) is 1. The maximum atomic E-state index is 12.3. The summed E-state index contributed by atoms with van der Waals surface area (Å²) in [6.07, 6.45) is 1.76. The number of carbonyl (C=O) groups excluding carboxylic acids is 2. The first-order valence-electron chi connectivity index (χ1n) is 8.68. The molecular weight excluding hydrogens is 383 g/mol. The van der Waals surface area contributed by atoms with Crippen molar-refractivity contribution in [3.8, 4) is 0 Å². The molecule has 6 nitrogen and oxygen atoms in total. The fourth-order valence-electron chi connectivity index (χ4n) is 2.74. The van der Waals surface area contributed by atoms with Crippen LogP contribution in [0.3, 0.4) is 0 Å². The molecule has 0 saturated carbocycles. The molecule has 1 aliphatic heterocycles. The first kappa shape index (κ1) is 27.0. The predicted octanol–water partition coefficient (Wildman–Crippen LogP) is 1.22. The summed E-state index contributed by atoms with van der Waals surface area (Å²) in [5.74, 6) is 1.59. The minimum atomic E-state index is -0.0834. The van der Waals surface area contributed by atoms with E-state index in [1.165, 1.54) is 0 Å². The van der Waals surface area contributed by atoms with Crippen LogP contribution in [0, 0.1) is 5.92 Å². The summed E-state index contributed by atoms with van der Waals surface area (Å²) in [6.45, 7) is 9.71. The smallest absolute Gasteiger partial charge is 0.232 e. The van der Waals surface area contributed by atoms with Gasteiger partial charge < -0.3 is 20.9 Å². The lowest BCUT2D eigenvalue weighted by Crippen LogP contribution is -2.46. The largest absolute Gasteiger partial charge is 0.355 e. The van der Waals surface area contributed by atoms with E-state index in [9.17, 15) is 9.59 Å². The van der Waals surface area contributed by atoms with Crippen molar-refractivity contribution >= 4 is 48.4 Å². The zero-order valence-corrected chi connectivity index (χ0v) is 17.8. The number of nitrogens with one attached hydrogen (secondary N) is 1. The molecule has 25 heavy (non-hydrogen) atoms. The highest BCUT2D eigenvalue weighted by Crippen LogP contribution is 2.17. The van der Waals surface area contributed by atoms with E-state index in [0.29, 0.717) is 25.4 Å². The average Bonchev–Trinajstić information content (AvgIpc) is 2.59. The van der Waals surface area contributed by atoms with Gasteiger partial charge in [-0.2, -0.15) is 11.8 Å². The zero-order chi connectivity index (χ0) is 17.1. The van der Waals surface area contributed by atoms with Crippen LogP contribution in [0.1, 0.15) is 26.7 Å². The van der Waals surface area contributed by atoms with Crippen molar-refractivity contribution in [2.75, 3.05) is 57.3 Å². The molecule has 0 bridgehead atoms. The van der Waals surface area contributed by atoms with E-state index in [-0.39, 0.29) is 42.5 Å². The van der Waals surface area contributed by atoms with Crippen molar-refractivity contribution in [1.82, 2.24) is 15.1 Å². The summed E-state index contributed by atoms with van der Waals surface area (Å²) in [5.41, 5.74) is 5.41. The molecule has 0 spiro atoms. The molecule has 1 aliphatic rings. The van der Waals surface area contributed by atoms with Crippen LogP contribution in [0.2, 0.25) is 0 Å². The number of hydrogen-bond donors (Lipinski definition) is 2. The van der Waals surface area contributed by atoms with Gasteiger partial charge in [0.25, 0.3) is 0 Å². The van der Waals surface area contributed by atoms with Crippen molar-refractivity contribution in [1.29, 1.82) is 0 Å². The molecule has 1 unspecified atom stereocenters. The molecule has 9 heteroatoms. The van der Waals surface area contributed by atoms with E-state index in [2.05, 4.69) is 24.1 Å². The monoisotopic (exact) mass is 416 g/mol. The van der Waals surface area contributed by atoms with Crippen molar-refractivity contribution < 1.29 is 9.59 Å². The number of halogens is 2. The Kier molecular flexibility index (Phi) is 17.3. The summed E-state index contributed by atoms with van der Waals surface area (Å²) in [7, 11) is 0. The molecule has 1 atom stereocenters. The Hall–Kier alpha value is -0.210. The number of piperidine rings is 1. The third kappa shape index (κ3) is 10.5. The van der Waals surface area contributed by atoms with Crippen LogP contribution < -0.4 is 11.1 Å². The van der Waals surface area contributed by atoms with Crippen LogP contribution in [0.4, 0.5) is 0 Å². The highest BCUT2D eigenvalue weighted by molar-refractivity contribution is 7.99. The number of amides is 2. The number of thioether (sulfide) groups is 1. The Balaban J connectivity index is 0. The molecule has 1 heterocycles. The Morgan fingerprint density at radius 2 is 1.96 bits per heavy atom.